The van der Waals surface area contributed by atoms with Gasteiger partial charge in [-0.3, -0.25) is 37.3 Å². The van der Waals surface area contributed by atoms with E-state index in [0.29, 0.717) is 31.6 Å². The number of aliphatic hydroxyl groups excluding tert-OH is 1. The van der Waals surface area contributed by atoms with E-state index in [-0.39, 0.29) is 25.7 Å². The Morgan fingerprint density at radius 3 is 0.921 bits per heavy atom. The van der Waals surface area contributed by atoms with Crippen LogP contribution in [0.2, 0.25) is 0 Å². The SMILES string of the molecule is CCCCCC/C=C\C=C/CCCCCCCC(=O)O[C@H](COC(=O)CCCCCCCCCCCCCCC)COP(=O)(O)OC[C@@H](O)COP(=O)(O)OC[C@@H](COC(=O)CCCCCCCCC(C)C)OC(=O)CCCCCCCCCCCC(C)C. The summed E-state index contributed by atoms with van der Waals surface area (Å²) in [4.78, 5) is 72.5. The van der Waals surface area contributed by atoms with E-state index in [1.807, 2.05) is 0 Å². The van der Waals surface area contributed by atoms with E-state index in [1.54, 1.807) is 0 Å². The van der Waals surface area contributed by atoms with E-state index in [9.17, 15) is 43.2 Å². The lowest BCUT2D eigenvalue weighted by Crippen LogP contribution is -2.30. The van der Waals surface area contributed by atoms with Crippen molar-refractivity contribution >= 4 is 39.5 Å². The number of carbonyl (C=O) groups excluding carboxylic acids is 4. The van der Waals surface area contributed by atoms with Gasteiger partial charge < -0.3 is 33.8 Å². The van der Waals surface area contributed by atoms with E-state index in [2.05, 4.69) is 65.8 Å². The summed E-state index contributed by atoms with van der Waals surface area (Å²) in [7, 11) is -9.91. The molecule has 0 bridgehead atoms. The van der Waals surface area contributed by atoms with E-state index in [0.717, 1.165) is 115 Å². The van der Waals surface area contributed by atoms with Gasteiger partial charge in [-0.1, -0.05) is 278 Å². The fraction of sp³-hybridized carbons (Fsp3) is 0.886. The monoisotopic (exact) mass is 1310 g/mol. The third kappa shape index (κ3) is 64.1. The van der Waals surface area contributed by atoms with Crippen LogP contribution in [0.1, 0.15) is 330 Å². The summed E-state index contributed by atoms with van der Waals surface area (Å²) in [6, 6.07) is 0. The number of hydrogen-bond donors (Lipinski definition) is 3. The van der Waals surface area contributed by atoms with Gasteiger partial charge in [-0.15, -0.1) is 0 Å². The largest absolute Gasteiger partial charge is 0.472 e. The van der Waals surface area contributed by atoms with Crippen molar-refractivity contribution in [2.75, 3.05) is 39.6 Å². The van der Waals surface area contributed by atoms with Crippen LogP contribution in [0.4, 0.5) is 0 Å². The van der Waals surface area contributed by atoms with Crippen molar-refractivity contribution in [1.29, 1.82) is 0 Å². The second kappa shape index (κ2) is 61.7. The van der Waals surface area contributed by atoms with Crippen molar-refractivity contribution in [2.24, 2.45) is 11.8 Å². The van der Waals surface area contributed by atoms with Gasteiger partial charge in [-0.25, -0.2) is 9.13 Å². The van der Waals surface area contributed by atoms with Crippen molar-refractivity contribution in [3.8, 4) is 0 Å². The maximum atomic E-state index is 13.0. The first-order valence-electron chi connectivity index (χ1n) is 35.8. The van der Waals surface area contributed by atoms with E-state index < -0.39 is 97.5 Å². The lowest BCUT2D eigenvalue weighted by Gasteiger charge is -2.21. The van der Waals surface area contributed by atoms with Gasteiger partial charge in [0.25, 0.3) is 0 Å². The molecule has 89 heavy (non-hydrogen) atoms. The second-order valence-corrected chi connectivity index (χ2v) is 28.4. The molecule has 0 aliphatic rings. The molecular formula is C70H132O17P2. The topological polar surface area (TPSA) is 237 Å². The zero-order chi connectivity index (χ0) is 65.7. The molecule has 0 saturated heterocycles. The maximum Gasteiger partial charge on any atom is 0.472 e. The molecule has 524 valence electrons. The van der Waals surface area contributed by atoms with Crippen LogP contribution in [0.5, 0.6) is 0 Å². The van der Waals surface area contributed by atoms with Crippen molar-refractivity contribution in [3.63, 3.8) is 0 Å². The molecule has 19 heteroatoms. The average molecular weight is 1310 g/mol. The Bertz CT molecular complexity index is 1830. The zero-order valence-corrected chi connectivity index (χ0v) is 59.0. The van der Waals surface area contributed by atoms with Crippen LogP contribution in [-0.4, -0.2) is 96.7 Å². The third-order valence-corrected chi connectivity index (χ3v) is 17.5. The van der Waals surface area contributed by atoms with E-state index >= 15 is 0 Å². The van der Waals surface area contributed by atoms with Crippen molar-refractivity contribution in [2.45, 2.75) is 349 Å². The number of unbranched alkanes of at least 4 members (excludes halogenated alkanes) is 34. The number of carbonyl (C=O) groups is 4. The predicted molar refractivity (Wildman–Crippen MR) is 358 cm³/mol. The zero-order valence-electron chi connectivity index (χ0n) is 57.2. The molecule has 3 N–H and O–H groups in total. The summed E-state index contributed by atoms with van der Waals surface area (Å²) in [6.07, 6.45) is 49.5. The predicted octanol–water partition coefficient (Wildman–Crippen LogP) is 19.5. The van der Waals surface area contributed by atoms with Crippen LogP contribution in [0, 0.1) is 11.8 Å². The first-order chi connectivity index (χ1) is 42.9. The standard InChI is InChI=1S/C70H132O17P2/c1-7-9-11-13-15-17-19-21-22-24-26-30-34-42-48-54-69(74)86-65(58-80-67(72)52-46-40-33-29-25-23-20-18-16-14-12-10-8-2)60-84-88(76,77)82-56-64(71)57-83-89(78,79)85-61-66(59-81-68(73)53-47-41-37-36-39-45-51-63(5)6)87-70(75)55-49-43-35-31-27-28-32-38-44-50-62(3)4/h17,19,21-22,62-66,71H,7-16,18,20,23-61H2,1-6H3,(H,76,77)(H,78,79)/b19-17-,22-21-/t64-,65-,66-/m1/s1. The number of aliphatic hydroxyl groups is 1. The Morgan fingerprint density at radius 1 is 0.348 bits per heavy atom. The molecular weight excluding hydrogens is 1170 g/mol. The van der Waals surface area contributed by atoms with Gasteiger partial charge in [-0.2, -0.15) is 0 Å². The molecule has 0 radical (unpaired) electrons. The summed E-state index contributed by atoms with van der Waals surface area (Å²) in [5.41, 5.74) is 0. The minimum Gasteiger partial charge on any atom is -0.462 e. The highest BCUT2D eigenvalue weighted by Gasteiger charge is 2.30. The summed E-state index contributed by atoms with van der Waals surface area (Å²) in [6.45, 7) is 9.37. The lowest BCUT2D eigenvalue weighted by molar-refractivity contribution is -0.161. The van der Waals surface area contributed by atoms with Crippen LogP contribution >= 0.6 is 15.6 Å². The van der Waals surface area contributed by atoms with Gasteiger partial charge in [-0.05, 0) is 63.2 Å². The summed E-state index contributed by atoms with van der Waals surface area (Å²) in [5, 5.41) is 10.6. The van der Waals surface area contributed by atoms with Gasteiger partial charge in [0.1, 0.15) is 19.3 Å². The van der Waals surface area contributed by atoms with Crippen LogP contribution < -0.4 is 0 Å². The minimum atomic E-state index is -4.96. The molecule has 0 saturated carbocycles. The molecule has 17 nitrogen and oxygen atoms in total. The summed E-state index contributed by atoms with van der Waals surface area (Å²) < 4.78 is 68.2. The van der Waals surface area contributed by atoms with Crippen molar-refractivity contribution < 1.29 is 80.2 Å². The number of phosphoric ester groups is 2. The minimum absolute atomic E-state index is 0.0850. The van der Waals surface area contributed by atoms with Gasteiger partial charge in [0, 0.05) is 25.7 Å². The van der Waals surface area contributed by atoms with Gasteiger partial charge in [0.15, 0.2) is 12.2 Å². The summed E-state index contributed by atoms with van der Waals surface area (Å²) in [5.74, 6) is -0.745. The molecule has 0 fully saturated rings. The highest BCUT2D eigenvalue weighted by Crippen LogP contribution is 2.45. The molecule has 0 amide bonds. The molecule has 0 aromatic carbocycles. The highest BCUT2D eigenvalue weighted by molar-refractivity contribution is 7.47. The Hall–Kier alpha value is -2.46. The highest BCUT2D eigenvalue weighted by atomic mass is 31.2. The number of allylic oxidation sites excluding steroid dienone is 4. The molecule has 5 atom stereocenters. The first-order valence-corrected chi connectivity index (χ1v) is 38.8. The molecule has 0 aliphatic heterocycles. The molecule has 2 unspecified atom stereocenters. The first kappa shape index (κ1) is 86.5. The Labute approximate surface area is 542 Å². The van der Waals surface area contributed by atoms with Crippen LogP contribution in [-0.2, 0) is 65.4 Å². The van der Waals surface area contributed by atoms with Crippen LogP contribution in [0.25, 0.3) is 0 Å². The van der Waals surface area contributed by atoms with Crippen LogP contribution in [0.3, 0.4) is 0 Å². The number of hydrogen-bond acceptors (Lipinski definition) is 15. The molecule has 0 aliphatic carbocycles. The number of ether oxygens (including phenoxy) is 4. The molecule has 0 aromatic heterocycles. The van der Waals surface area contributed by atoms with E-state index in [1.165, 1.54) is 128 Å². The Kier molecular flexibility index (Phi) is 60.0. The van der Waals surface area contributed by atoms with Crippen molar-refractivity contribution in [1.82, 2.24) is 0 Å². The normalized spacial score (nSPS) is 14.3. The maximum absolute atomic E-state index is 13.0. The Balaban J connectivity index is 5.28. The average Bonchev–Trinajstić information content (AvgIpc) is 3.71. The quantitative estimate of drug-likeness (QED) is 0.0169. The number of phosphoric acid groups is 2. The van der Waals surface area contributed by atoms with E-state index in [4.69, 9.17) is 37.0 Å². The van der Waals surface area contributed by atoms with Crippen LogP contribution in [0.15, 0.2) is 24.3 Å². The van der Waals surface area contributed by atoms with Gasteiger partial charge in [0.05, 0.1) is 26.4 Å². The third-order valence-electron chi connectivity index (χ3n) is 15.6. The molecule has 0 rings (SSSR count). The van der Waals surface area contributed by atoms with Gasteiger partial charge in [0.2, 0.25) is 0 Å². The van der Waals surface area contributed by atoms with Crippen molar-refractivity contribution in [3.05, 3.63) is 24.3 Å². The molecule has 0 spiro atoms. The Morgan fingerprint density at radius 2 is 0.607 bits per heavy atom. The fourth-order valence-electron chi connectivity index (χ4n) is 10.1. The number of rotatable bonds is 67. The smallest absolute Gasteiger partial charge is 0.462 e. The molecule has 0 heterocycles. The summed E-state index contributed by atoms with van der Waals surface area (Å²) >= 11 is 0. The number of esters is 4. The molecule has 0 aromatic rings. The second-order valence-electron chi connectivity index (χ2n) is 25.5. The van der Waals surface area contributed by atoms with Gasteiger partial charge >= 0.3 is 39.5 Å². The fourth-order valence-corrected chi connectivity index (χ4v) is 11.6. The lowest BCUT2D eigenvalue weighted by atomic mass is 10.0.